The van der Waals surface area contributed by atoms with Gasteiger partial charge in [0.1, 0.15) is 0 Å². The number of rotatable bonds is 1. The molecule has 0 aromatic rings. The van der Waals surface area contributed by atoms with Gasteiger partial charge in [0.25, 0.3) is 0 Å². The fourth-order valence-corrected chi connectivity index (χ4v) is 3.07. The molecule has 1 saturated carbocycles. The van der Waals surface area contributed by atoms with Crippen LogP contribution >= 0.6 is 0 Å². The van der Waals surface area contributed by atoms with Crippen molar-refractivity contribution in [3.05, 3.63) is 0 Å². The van der Waals surface area contributed by atoms with E-state index in [2.05, 4.69) is 11.8 Å². The van der Waals surface area contributed by atoms with Gasteiger partial charge in [0.2, 0.25) is 0 Å². The monoisotopic (exact) mass is 208 g/mol. The number of nitrogens with one attached hydrogen (secondary N) is 1. The van der Waals surface area contributed by atoms with Gasteiger partial charge < -0.3 is 4.90 Å². The first-order valence-corrected chi connectivity index (χ1v) is 6.64. The molecule has 2 nitrogen and oxygen atoms in total. The van der Waals surface area contributed by atoms with Gasteiger partial charge in [-0.2, -0.15) is 0 Å². The minimum atomic E-state index is 0.588. The average Bonchev–Trinajstić information content (AvgIpc) is 2.68. The molecule has 1 atom stereocenters. The van der Waals surface area contributed by atoms with E-state index >= 15 is 0 Å². The third-order valence-electron chi connectivity index (χ3n) is 4.10. The van der Waals surface area contributed by atoms with Gasteiger partial charge in [-0.3, -0.25) is 5.41 Å². The molecular formula is C13H24N2. The predicted molar refractivity (Wildman–Crippen MR) is 64.3 cm³/mol. The molecular weight excluding hydrogens is 184 g/mol. The third kappa shape index (κ3) is 2.53. The van der Waals surface area contributed by atoms with Crippen molar-refractivity contribution in [1.82, 2.24) is 4.90 Å². The molecule has 0 radical (unpaired) electrons. The molecule has 15 heavy (non-hydrogen) atoms. The van der Waals surface area contributed by atoms with Gasteiger partial charge in [-0.25, -0.2) is 0 Å². The zero-order valence-corrected chi connectivity index (χ0v) is 9.97. The van der Waals surface area contributed by atoms with Gasteiger partial charge in [-0.1, -0.05) is 25.7 Å². The zero-order valence-electron chi connectivity index (χ0n) is 9.97. The van der Waals surface area contributed by atoms with Crippen molar-refractivity contribution in [2.45, 2.75) is 64.3 Å². The highest BCUT2D eigenvalue weighted by Gasteiger charge is 2.27. The Morgan fingerprint density at radius 1 is 1.00 bits per heavy atom. The quantitative estimate of drug-likeness (QED) is 0.519. The van der Waals surface area contributed by atoms with Crippen molar-refractivity contribution in [2.75, 3.05) is 6.54 Å². The first-order valence-electron chi connectivity index (χ1n) is 6.64. The van der Waals surface area contributed by atoms with Crippen LogP contribution in [0.25, 0.3) is 0 Å². The Labute approximate surface area is 93.6 Å². The van der Waals surface area contributed by atoms with Gasteiger partial charge in [0.05, 0.1) is 5.84 Å². The van der Waals surface area contributed by atoms with Crippen LogP contribution in [0.2, 0.25) is 0 Å². The first-order chi connectivity index (χ1) is 7.29. The molecule has 86 valence electrons. The number of likely N-dealkylation sites (tertiary alicyclic amines) is 1. The normalized spacial score (nSPS) is 29.1. The van der Waals surface area contributed by atoms with Crippen LogP contribution in [0.1, 0.15) is 58.3 Å². The highest BCUT2D eigenvalue weighted by molar-refractivity contribution is 5.82. The Morgan fingerprint density at radius 2 is 1.67 bits per heavy atom. The van der Waals surface area contributed by atoms with E-state index in [1.165, 1.54) is 51.4 Å². The molecule has 1 aliphatic carbocycles. The molecule has 0 spiro atoms. The summed E-state index contributed by atoms with van der Waals surface area (Å²) in [5, 5.41) is 8.33. The number of amidine groups is 1. The molecule has 0 aromatic heterocycles. The van der Waals surface area contributed by atoms with Crippen molar-refractivity contribution in [3.63, 3.8) is 0 Å². The zero-order chi connectivity index (χ0) is 10.7. The van der Waals surface area contributed by atoms with Gasteiger partial charge in [0.15, 0.2) is 0 Å². The van der Waals surface area contributed by atoms with E-state index in [4.69, 9.17) is 5.41 Å². The maximum absolute atomic E-state index is 8.33. The molecule has 0 amide bonds. The lowest BCUT2D eigenvalue weighted by atomic mass is 10.0. The molecule has 1 N–H and O–H groups in total. The minimum absolute atomic E-state index is 0.588. The molecule has 0 bridgehead atoms. The highest BCUT2D eigenvalue weighted by Crippen LogP contribution is 2.29. The van der Waals surface area contributed by atoms with Gasteiger partial charge in [0, 0.05) is 18.5 Å². The largest absolute Gasteiger partial charge is 0.358 e. The maximum Gasteiger partial charge on any atom is 0.0991 e. The van der Waals surface area contributed by atoms with E-state index in [0.717, 1.165) is 12.4 Å². The molecule has 2 heteroatoms. The molecule has 2 fully saturated rings. The van der Waals surface area contributed by atoms with Crippen LogP contribution < -0.4 is 0 Å². The molecule has 1 aliphatic heterocycles. The van der Waals surface area contributed by atoms with Gasteiger partial charge >= 0.3 is 0 Å². The van der Waals surface area contributed by atoms with Crippen LogP contribution in [0.5, 0.6) is 0 Å². The van der Waals surface area contributed by atoms with E-state index in [9.17, 15) is 0 Å². The second-order valence-electron chi connectivity index (χ2n) is 5.26. The Kier molecular flexibility index (Phi) is 3.66. The van der Waals surface area contributed by atoms with Gasteiger partial charge in [-0.15, -0.1) is 0 Å². The fraction of sp³-hybridized carbons (Fsp3) is 0.923. The van der Waals surface area contributed by atoms with Crippen molar-refractivity contribution in [2.24, 2.45) is 5.92 Å². The van der Waals surface area contributed by atoms with Crippen LogP contribution in [0.4, 0.5) is 0 Å². The van der Waals surface area contributed by atoms with Crippen LogP contribution in [0, 0.1) is 11.3 Å². The second kappa shape index (κ2) is 5.00. The Hall–Kier alpha value is -0.530. The van der Waals surface area contributed by atoms with Crippen molar-refractivity contribution < 1.29 is 0 Å². The predicted octanol–water partition coefficient (Wildman–Crippen LogP) is 3.42. The molecule has 1 heterocycles. The summed E-state index contributed by atoms with van der Waals surface area (Å²) in [7, 11) is 0. The fourth-order valence-electron chi connectivity index (χ4n) is 3.07. The van der Waals surface area contributed by atoms with E-state index in [1.54, 1.807) is 0 Å². The topological polar surface area (TPSA) is 27.1 Å². The standard InChI is InChI=1S/C13H24N2/c1-11-7-3-2-6-10-15(11)13(14)12-8-4-5-9-12/h11-12,14H,2-10H2,1H3. The van der Waals surface area contributed by atoms with E-state index in [-0.39, 0.29) is 0 Å². The summed E-state index contributed by atoms with van der Waals surface area (Å²) in [5.74, 6) is 1.55. The molecule has 2 aliphatic rings. The SMILES string of the molecule is CC1CCCCCN1C(=N)C1CCCC1. The Balaban J connectivity index is 1.96. The Morgan fingerprint density at radius 3 is 2.40 bits per heavy atom. The van der Waals surface area contributed by atoms with Crippen LogP contribution in [0.15, 0.2) is 0 Å². The number of hydrogen-bond donors (Lipinski definition) is 1. The lowest BCUT2D eigenvalue weighted by Crippen LogP contribution is -2.40. The van der Waals surface area contributed by atoms with Crippen molar-refractivity contribution in [3.8, 4) is 0 Å². The van der Waals surface area contributed by atoms with E-state index < -0.39 is 0 Å². The summed E-state index contributed by atoms with van der Waals surface area (Å²) >= 11 is 0. The van der Waals surface area contributed by atoms with Crippen molar-refractivity contribution >= 4 is 5.84 Å². The van der Waals surface area contributed by atoms with E-state index in [0.29, 0.717) is 12.0 Å². The smallest absolute Gasteiger partial charge is 0.0991 e. The average molecular weight is 208 g/mol. The summed E-state index contributed by atoms with van der Waals surface area (Å²) in [6, 6.07) is 0.612. The lowest BCUT2D eigenvalue weighted by Gasteiger charge is -2.32. The summed E-state index contributed by atoms with van der Waals surface area (Å²) < 4.78 is 0. The summed E-state index contributed by atoms with van der Waals surface area (Å²) in [6.07, 6.45) is 10.5. The minimum Gasteiger partial charge on any atom is -0.358 e. The van der Waals surface area contributed by atoms with Gasteiger partial charge in [-0.05, 0) is 32.6 Å². The molecule has 1 unspecified atom stereocenters. The summed E-state index contributed by atoms with van der Waals surface area (Å²) in [5.41, 5.74) is 0. The highest BCUT2D eigenvalue weighted by atomic mass is 15.2. The lowest BCUT2D eigenvalue weighted by molar-refractivity contribution is 0.316. The van der Waals surface area contributed by atoms with Crippen LogP contribution in [-0.2, 0) is 0 Å². The van der Waals surface area contributed by atoms with Crippen LogP contribution in [-0.4, -0.2) is 23.3 Å². The number of nitrogens with zero attached hydrogens (tertiary/aromatic N) is 1. The Bertz CT molecular complexity index is 219. The van der Waals surface area contributed by atoms with E-state index in [1.807, 2.05) is 0 Å². The van der Waals surface area contributed by atoms with Crippen molar-refractivity contribution in [1.29, 1.82) is 5.41 Å². The molecule has 2 rings (SSSR count). The first kappa shape index (κ1) is 11.0. The molecule has 0 aromatic carbocycles. The number of hydrogen-bond acceptors (Lipinski definition) is 1. The second-order valence-corrected chi connectivity index (χ2v) is 5.26. The summed E-state index contributed by atoms with van der Waals surface area (Å²) in [4.78, 5) is 2.39. The molecule has 1 saturated heterocycles. The third-order valence-corrected chi connectivity index (χ3v) is 4.10. The van der Waals surface area contributed by atoms with Crippen LogP contribution in [0.3, 0.4) is 0 Å². The summed E-state index contributed by atoms with van der Waals surface area (Å²) in [6.45, 7) is 3.44. The maximum atomic E-state index is 8.33.